The number of hydrogen-bond donors (Lipinski definition) is 2. The second kappa shape index (κ2) is 6.07. The van der Waals surface area contributed by atoms with Crippen molar-refractivity contribution in [1.82, 2.24) is 5.32 Å². The molecule has 4 heteroatoms. The van der Waals surface area contributed by atoms with E-state index in [0.717, 1.165) is 30.8 Å². The minimum atomic E-state index is -0.0427. The minimum Gasteiger partial charge on any atom is -0.378 e. The molecule has 1 aromatic rings. The summed E-state index contributed by atoms with van der Waals surface area (Å²) < 4.78 is 5.50. The van der Waals surface area contributed by atoms with E-state index in [1.54, 1.807) is 12.1 Å². The van der Waals surface area contributed by atoms with Crippen molar-refractivity contribution >= 4 is 18.5 Å². The van der Waals surface area contributed by atoms with Crippen LogP contribution in [0.2, 0.25) is 0 Å². The van der Waals surface area contributed by atoms with Gasteiger partial charge >= 0.3 is 0 Å². The van der Waals surface area contributed by atoms with Gasteiger partial charge in [-0.05, 0) is 37.5 Å². The number of hydrogen-bond acceptors (Lipinski definition) is 3. The molecule has 1 unspecified atom stereocenters. The molecule has 1 aliphatic heterocycles. The van der Waals surface area contributed by atoms with Crippen molar-refractivity contribution in [2.75, 3.05) is 13.2 Å². The highest BCUT2D eigenvalue weighted by Crippen LogP contribution is 2.14. The highest BCUT2D eigenvalue weighted by Gasteiger charge is 2.15. The van der Waals surface area contributed by atoms with Crippen molar-refractivity contribution in [3.8, 4) is 0 Å². The van der Waals surface area contributed by atoms with Gasteiger partial charge in [0.2, 0.25) is 0 Å². The largest absolute Gasteiger partial charge is 0.378 e. The summed E-state index contributed by atoms with van der Waals surface area (Å²) in [4.78, 5) is 12.6. The van der Waals surface area contributed by atoms with Crippen LogP contribution in [-0.4, -0.2) is 25.2 Å². The second-order valence-electron chi connectivity index (χ2n) is 4.23. The maximum Gasteiger partial charge on any atom is 0.251 e. The molecule has 1 aliphatic rings. The third-order valence-electron chi connectivity index (χ3n) is 2.88. The van der Waals surface area contributed by atoms with Gasteiger partial charge in [-0.15, -0.1) is 12.6 Å². The molecule has 1 atom stereocenters. The lowest BCUT2D eigenvalue weighted by molar-refractivity contribution is 0.0907. The lowest BCUT2D eigenvalue weighted by Gasteiger charge is -2.10. The number of thiol groups is 1. The molecule has 1 saturated heterocycles. The summed E-state index contributed by atoms with van der Waals surface area (Å²) in [6.45, 7) is 1.53. The molecule has 0 saturated carbocycles. The van der Waals surface area contributed by atoms with Crippen LogP contribution in [0.5, 0.6) is 0 Å². The van der Waals surface area contributed by atoms with E-state index in [9.17, 15) is 4.79 Å². The Morgan fingerprint density at radius 1 is 1.53 bits per heavy atom. The van der Waals surface area contributed by atoms with Gasteiger partial charge in [-0.3, -0.25) is 4.79 Å². The summed E-state index contributed by atoms with van der Waals surface area (Å²) in [5.74, 6) is -0.0427. The van der Waals surface area contributed by atoms with E-state index in [4.69, 9.17) is 4.74 Å². The van der Waals surface area contributed by atoms with E-state index in [2.05, 4.69) is 17.9 Å². The highest BCUT2D eigenvalue weighted by molar-refractivity contribution is 7.80. The zero-order valence-corrected chi connectivity index (χ0v) is 10.6. The summed E-state index contributed by atoms with van der Waals surface area (Å²) in [7, 11) is 0. The predicted octanol–water partition coefficient (Wildman–Crippen LogP) is 2.27. The zero-order valence-electron chi connectivity index (χ0n) is 9.69. The Bertz CT molecular complexity index is 389. The summed E-state index contributed by atoms with van der Waals surface area (Å²) >= 11 is 4.21. The van der Waals surface area contributed by atoms with Crippen LogP contribution in [-0.2, 0) is 4.74 Å². The van der Waals surface area contributed by atoms with Gasteiger partial charge in [-0.1, -0.05) is 6.07 Å². The van der Waals surface area contributed by atoms with Crippen LogP contribution in [0.4, 0.5) is 0 Å². The van der Waals surface area contributed by atoms with Crippen LogP contribution < -0.4 is 5.32 Å². The SMILES string of the molecule is O=C(NCCC1CCCO1)c1cccc(S)c1. The van der Waals surface area contributed by atoms with Crippen LogP contribution in [0.15, 0.2) is 29.2 Å². The fourth-order valence-corrected chi connectivity index (χ4v) is 2.19. The fraction of sp³-hybridized carbons (Fsp3) is 0.462. The highest BCUT2D eigenvalue weighted by atomic mass is 32.1. The van der Waals surface area contributed by atoms with Gasteiger partial charge in [0.1, 0.15) is 0 Å². The Balaban J connectivity index is 1.77. The molecule has 0 aromatic heterocycles. The normalized spacial score (nSPS) is 19.2. The summed E-state index contributed by atoms with van der Waals surface area (Å²) in [5, 5.41) is 2.90. The zero-order chi connectivity index (χ0) is 12.1. The quantitative estimate of drug-likeness (QED) is 0.806. The minimum absolute atomic E-state index is 0.0427. The predicted molar refractivity (Wildman–Crippen MR) is 69.6 cm³/mol. The van der Waals surface area contributed by atoms with Gasteiger partial charge < -0.3 is 10.1 Å². The molecule has 3 nitrogen and oxygen atoms in total. The molecule has 92 valence electrons. The van der Waals surface area contributed by atoms with Gasteiger partial charge in [0.25, 0.3) is 5.91 Å². The molecule has 1 amide bonds. The van der Waals surface area contributed by atoms with Crippen LogP contribution in [0.25, 0.3) is 0 Å². The molecular formula is C13H17NO2S. The third kappa shape index (κ3) is 3.75. The van der Waals surface area contributed by atoms with Gasteiger partial charge in [-0.25, -0.2) is 0 Å². The maximum atomic E-state index is 11.8. The number of nitrogens with one attached hydrogen (secondary N) is 1. The van der Waals surface area contributed by atoms with Gasteiger partial charge in [0.15, 0.2) is 0 Å². The van der Waals surface area contributed by atoms with E-state index in [-0.39, 0.29) is 5.91 Å². The molecular weight excluding hydrogens is 234 g/mol. The second-order valence-corrected chi connectivity index (χ2v) is 4.75. The topological polar surface area (TPSA) is 38.3 Å². The van der Waals surface area contributed by atoms with Crippen molar-refractivity contribution in [3.05, 3.63) is 29.8 Å². The monoisotopic (exact) mass is 251 g/mol. The molecule has 2 rings (SSSR count). The van der Waals surface area contributed by atoms with Gasteiger partial charge in [0.05, 0.1) is 6.10 Å². The maximum absolute atomic E-state index is 11.8. The Morgan fingerprint density at radius 2 is 2.41 bits per heavy atom. The van der Waals surface area contributed by atoms with Crippen molar-refractivity contribution in [2.45, 2.75) is 30.3 Å². The van der Waals surface area contributed by atoms with Crippen LogP contribution in [0.3, 0.4) is 0 Å². The number of amides is 1. The van der Waals surface area contributed by atoms with Crippen molar-refractivity contribution in [3.63, 3.8) is 0 Å². The summed E-state index contributed by atoms with van der Waals surface area (Å²) in [6, 6.07) is 7.25. The average molecular weight is 251 g/mol. The number of carbonyl (C=O) groups excluding carboxylic acids is 1. The van der Waals surface area contributed by atoms with E-state index in [1.165, 1.54) is 0 Å². The van der Waals surface area contributed by atoms with Crippen LogP contribution >= 0.6 is 12.6 Å². The lowest BCUT2D eigenvalue weighted by atomic mass is 10.1. The molecule has 1 heterocycles. The van der Waals surface area contributed by atoms with Crippen molar-refractivity contribution in [2.24, 2.45) is 0 Å². The average Bonchev–Trinajstić information content (AvgIpc) is 2.82. The molecule has 0 radical (unpaired) electrons. The van der Waals surface area contributed by atoms with Gasteiger partial charge in [0, 0.05) is 23.6 Å². The van der Waals surface area contributed by atoms with Crippen molar-refractivity contribution in [1.29, 1.82) is 0 Å². The third-order valence-corrected chi connectivity index (χ3v) is 3.16. The van der Waals surface area contributed by atoms with E-state index >= 15 is 0 Å². The molecule has 0 aliphatic carbocycles. The molecule has 1 aromatic carbocycles. The molecule has 1 fully saturated rings. The number of ether oxygens (including phenoxy) is 1. The standard InChI is InChI=1S/C13H17NO2S/c15-13(10-3-1-5-12(17)9-10)14-7-6-11-4-2-8-16-11/h1,3,5,9,11,17H,2,4,6-8H2,(H,14,15). The first-order valence-electron chi connectivity index (χ1n) is 5.94. The van der Waals surface area contributed by atoms with Crippen LogP contribution in [0.1, 0.15) is 29.6 Å². The summed E-state index contributed by atoms with van der Waals surface area (Å²) in [5.41, 5.74) is 0.657. The molecule has 0 spiro atoms. The first kappa shape index (κ1) is 12.5. The van der Waals surface area contributed by atoms with Crippen LogP contribution in [0, 0.1) is 0 Å². The van der Waals surface area contributed by atoms with E-state index < -0.39 is 0 Å². The number of benzene rings is 1. The number of rotatable bonds is 4. The smallest absolute Gasteiger partial charge is 0.251 e. The summed E-state index contributed by atoms with van der Waals surface area (Å²) in [6.07, 6.45) is 3.47. The first-order valence-corrected chi connectivity index (χ1v) is 6.39. The fourth-order valence-electron chi connectivity index (χ4n) is 1.97. The molecule has 1 N–H and O–H groups in total. The first-order chi connectivity index (χ1) is 8.25. The lowest BCUT2D eigenvalue weighted by Crippen LogP contribution is -2.27. The molecule has 17 heavy (non-hydrogen) atoms. The van der Waals surface area contributed by atoms with E-state index in [0.29, 0.717) is 18.2 Å². The Morgan fingerprint density at radius 3 is 3.12 bits per heavy atom. The molecule has 0 bridgehead atoms. The van der Waals surface area contributed by atoms with E-state index in [1.807, 2.05) is 12.1 Å². The Kier molecular flexibility index (Phi) is 4.45. The number of carbonyl (C=O) groups is 1. The Hall–Kier alpha value is -1.00. The van der Waals surface area contributed by atoms with Crippen molar-refractivity contribution < 1.29 is 9.53 Å². The Labute approximate surface area is 107 Å². The van der Waals surface area contributed by atoms with Gasteiger partial charge in [-0.2, -0.15) is 0 Å².